The molecule has 0 spiro atoms. The highest BCUT2D eigenvalue weighted by atomic mass is 19.1. The number of carbonyl (C=O) groups is 1. The first kappa shape index (κ1) is 20.0. The Labute approximate surface area is 177 Å². The number of aromatic nitrogens is 3. The Morgan fingerprint density at radius 3 is 2.68 bits per heavy atom. The maximum Gasteiger partial charge on any atom is 0.265 e. The van der Waals surface area contributed by atoms with Crippen LogP contribution in [-0.4, -0.2) is 20.4 Å². The summed E-state index contributed by atoms with van der Waals surface area (Å²) in [4.78, 5) is 31.9. The van der Waals surface area contributed by atoms with Gasteiger partial charge in [0.05, 0.1) is 22.3 Å². The van der Waals surface area contributed by atoms with Crippen molar-refractivity contribution in [1.82, 2.24) is 14.5 Å². The number of aromatic amines is 1. The average molecular weight is 414 g/mol. The van der Waals surface area contributed by atoms with Crippen molar-refractivity contribution in [2.75, 3.05) is 0 Å². The number of rotatable bonds is 5. The van der Waals surface area contributed by atoms with Crippen molar-refractivity contribution in [3.8, 4) is 16.8 Å². The number of amides is 1. The first-order chi connectivity index (χ1) is 14.8. The highest BCUT2D eigenvalue weighted by Crippen LogP contribution is 2.34. The standard InChI is InChI=1S/C24H19FN4O2/c1-4-15-21(14(3)25)28-12-29(24(15)31)20-7-5-6-16(13(20)2)17-8-9-19(23(26)30)22-18(17)10-11-27-22/h4-12,27H,1,3H2,2H3,(H2,26,30). The van der Waals surface area contributed by atoms with Crippen LogP contribution >= 0.6 is 0 Å². The van der Waals surface area contributed by atoms with Crippen LogP contribution in [0.2, 0.25) is 0 Å². The van der Waals surface area contributed by atoms with Crippen molar-refractivity contribution < 1.29 is 9.18 Å². The molecule has 4 rings (SSSR count). The minimum atomic E-state index is -0.797. The second-order valence-electron chi connectivity index (χ2n) is 7.03. The van der Waals surface area contributed by atoms with Crippen molar-refractivity contribution >= 4 is 28.7 Å². The highest BCUT2D eigenvalue weighted by Gasteiger charge is 2.17. The monoisotopic (exact) mass is 414 g/mol. The predicted octanol–water partition coefficient (Wildman–Crippen LogP) is 4.37. The third kappa shape index (κ3) is 3.16. The fourth-order valence-corrected chi connectivity index (χ4v) is 3.81. The molecule has 3 N–H and O–H groups in total. The molecule has 0 bridgehead atoms. The number of nitrogens with zero attached hydrogens (tertiary/aromatic N) is 2. The predicted molar refractivity (Wildman–Crippen MR) is 121 cm³/mol. The number of H-pyrrole nitrogens is 1. The van der Waals surface area contributed by atoms with E-state index in [1.54, 1.807) is 18.3 Å². The van der Waals surface area contributed by atoms with Gasteiger partial charge in [-0.05, 0) is 41.8 Å². The number of halogens is 1. The third-order valence-corrected chi connectivity index (χ3v) is 5.31. The molecule has 31 heavy (non-hydrogen) atoms. The van der Waals surface area contributed by atoms with Crippen LogP contribution in [-0.2, 0) is 0 Å². The maximum atomic E-state index is 13.7. The van der Waals surface area contributed by atoms with Gasteiger partial charge in [-0.1, -0.05) is 37.4 Å². The molecular formula is C24H19FN4O2. The number of hydrogen-bond acceptors (Lipinski definition) is 3. The van der Waals surface area contributed by atoms with Gasteiger partial charge in [0, 0.05) is 11.6 Å². The van der Waals surface area contributed by atoms with Crippen LogP contribution < -0.4 is 11.3 Å². The Balaban J connectivity index is 1.96. The van der Waals surface area contributed by atoms with Crippen LogP contribution in [0.15, 0.2) is 66.9 Å². The summed E-state index contributed by atoms with van der Waals surface area (Å²) in [6.07, 6.45) is 4.30. The summed E-state index contributed by atoms with van der Waals surface area (Å²) in [6.45, 7) is 8.72. The van der Waals surface area contributed by atoms with Crippen molar-refractivity contribution in [2.24, 2.45) is 5.73 Å². The smallest absolute Gasteiger partial charge is 0.265 e. The lowest BCUT2D eigenvalue weighted by Crippen LogP contribution is -2.23. The number of benzene rings is 2. The van der Waals surface area contributed by atoms with Gasteiger partial charge in [-0.25, -0.2) is 9.37 Å². The number of nitrogens with one attached hydrogen (secondary N) is 1. The Bertz CT molecular complexity index is 1450. The molecule has 0 radical (unpaired) electrons. The summed E-state index contributed by atoms with van der Waals surface area (Å²) >= 11 is 0. The zero-order valence-electron chi connectivity index (χ0n) is 16.8. The number of carbonyl (C=O) groups excluding carboxylic acids is 1. The van der Waals surface area contributed by atoms with Crippen LogP contribution in [0.5, 0.6) is 0 Å². The van der Waals surface area contributed by atoms with Gasteiger partial charge < -0.3 is 10.7 Å². The molecule has 4 aromatic rings. The molecular weight excluding hydrogens is 395 g/mol. The van der Waals surface area contributed by atoms with E-state index in [1.165, 1.54) is 17.0 Å². The van der Waals surface area contributed by atoms with Crippen LogP contribution in [0, 0.1) is 6.92 Å². The van der Waals surface area contributed by atoms with Gasteiger partial charge in [-0.15, -0.1) is 0 Å². The molecule has 2 aromatic heterocycles. The Morgan fingerprint density at radius 1 is 1.23 bits per heavy atom. The normalized spacial score (nSPS) is 10.9. The van der Waals surface area contributed by atoms with E-state index in [9.17, 15) is 14.0 Å². The lowest BCUT2D eigenvalue weighted by molar-refractivity contribution is 0.100. The minimum absolute atomic E-state index is 0.0404. The number of hydrogen-bond donors (Lipinski definition) is 2. The molecule has 0 aliphatic rings. The molecule has 2 aromatic carbocycles. The average Bonchev–Trinajstić information content (AvgIpc) is 3.23. The molecule has 0 saturated heterocycles. The number of nitrogens with two attached hydrogens (primary N) is 1. The molecule has 2 heterocycles. The van der Waals surface area contributed by atoms with Crippen LogP contribution in [0.1, 0.15) is 27.2 Å². The van der Waals surface area contributed by atoms with E-state index in [4.69, 9.17) is 5.73 Å². The fraction of sp³-hybridized carbons (Fsp3) is 0.0417. The second-order valence-corrected chi connectivity index (χ2v) is 7.03. The van der Waals surface area contributed by atoms with Crippen molar-refractivity contribution in [2.45, 2.75) is 6.92 Å². The van der Waals surface area contributed by atoms with Gasteiger partial charge in [0.15, 0.2) is 0 Å². The molecule has 0 saturated carbocycles. The van der Waals surface area contributed by atoms with Gasteiger partial charge in [-0.2, -0.15) is 0 Å². The van der Waals surface area contributed by atoms with E-state index < -0.39 is 17.3 Å². The van der Waals surface area contributed by atoms with Gasteiger partial charge in [0.1, 0.15) is 17.8 Å². The second kappa shape index (κ2) is 7.53. The Morgan fingerprint density at radius 2 is 2.00 bits per heavy atom. The quantitative estimate of drug-likeness (QED) is 0.508. The highest BCUT2D eigenvalue weighted by molar-refractivity contribution is 6.09. The zero-order valence-corrected chi connectivity index (χ0v) is 16.8. The molecule has 154 valence electrons. The number of fused-ring (bicyclic) bond motifs is 1. The zero-order chi connectivity index (χ0) is 22.3. The van der Waals surface area contributed by atoms with Gasteiger partial charge in [-0.3, -0.25) is 14.2 Å². The molecule has 7 heteroatoms. The van der Waals surface area contributed by atoms with Crippen LogP contribution in [0.25, 0.3) is 39.6 Å². The Hall–Kier alpha value is -4.26. The van der Waals surface area contributed by atoms with Crippen molar-refractivity contribution in [1.29, 1.82) is 0 Å². The molecule has 0 fully saturated rings. The van der Waals surface area contributed by atoms with E-state index in [0.29, 0.717) is 16.8 Å². The lowest BCUT2D eigenvalue weighted by Gasteiger charge is -2.15. The summed E-state index contributed by atoms with van der Waals surface area (Å²) < 4.78 is 15.0. The summed E-state index contributed by atoms with van der Waals surface area (Å²) in [5, 5.41) is 0.831. The molecule has 0 atom stereocenters. The molecule has 0 unspecified atom stereocenters. The summed E-state index contributed by atoms with van der Waals surface area (Å²) in [7, 11) is 0. The molecule has 6 nitrogen and oxygen atoms in total. The minimum Gasteiger partial charge on any atom is -0.366 e. The molecule has 0 aliphatic carbocycles. The first-order valence-electron chi connectivity index (χ1n) is 9.44. The first-order valence-corrected chi connectivity index (χ1v) is 9.44. The van der Waals surface area contributed by atoms with E-state index in [0.717, 1.165) is 22.1 Å². The Kier molecular flexibility index (Phi) is 4.87. The van der Waals surface area contributed by atoms with Crippen LogP contribution in [0.3, 0.4) is 0 Å². The summed E-state index contributed by atoms with van der Waals surface area (Å²) in [5.41, 5.74) is 9.14. The summed E-state index contributed by atoms with van der Waals surface area (Å²) in [5.74, 6) is -1.32. The number of primary amides is 1. The van der Waals surface area contributed by atoms with E-state index in [2.05, 4.69) is 23.1 Å². The largest absolute Gasteiger partial charge is 0.366 e. The molecule has 0 aliphatic heterocycles. The van der Waals surface area contributed by atoms with E-state index >= 15 is 0 Å². The summed E-state index contributed by atoms with van der Waals surface area (Å²) in [6, 6.07) is 10.9. The van der Waals surface area contributed by atoms with Gasteiger partial charge in [0.2, 0.25) is 0 Å². The maximum absolute atomic E-state index is 13.7. The van der Waals surface area contributed by atoms with Crippen LogP contribution in [0.4, 0.5) is 4.39 Å². The molecule has 1 amide bonds. The van der Waals surface area contributed by atoms with Crippen molar-refractivity contribution in [3.05, 3.63) is 94.8 Å². The lowest BCUT2D eigenvalue weighted by atomic mass is 9.94. The van der Waals surface area contributed by atoms with Gasteiger partial charge in [0.25, 0.3) is 11.5 Å². The van der Waals surface area contributed by atoms with Gasteiger partial charge >= 0.3 is 0 Å². The van der Waals surface area contributed by atoms with E-state index in [-0.39, 0.29) is 11.3 Å². The third-order valence-electron chi connectivity index (χ3n) is 5.31. The topological polar surface area (TPSA) is 93.8 Å². The van der Waals surface area contributed by atoms with Crippen molar-refractivity contribution in [3.63, 3.8) is 0 Å². The SMILES string of the molecule is C=Cc1c(C(=C)F)ncn(-c2cccc(-c3ccc(C(N)=O)c4[nH]ccc34)c2C)c1=O. The van der Waals surface area contributed by atoms with E-state index in [1.807, 2.05) is 31.2 Å². The fourth-order valence-electron chi connectivity index (χ4n) is 3.81.